The van der Waals surface area contributed by atoms with E-state index in [0.29, 0.717) is 10.9 Å². The number of nitrogens with zero attached hydrogens (tertiary/aromatic N) is 3. The molecule has 0 radical (unpaired) electrons. The number of hydrogen-bond donors (Lipinski definition) is 1. The lowest BCUT2D eigenvalue weighted by molar-refractivity contribution is 0.608. The van der Waals surface area contributed by atoms with E-state index in [9.17, 15) is 4.39 Å². The Balaban J connectivity index is 2.19. The highest BCUT2D eigenvalue weighted by Crippen LogP contribution is 2.24. The normalized spacial score (nSPS) is 10.5. The molecular formula is C10H10ClFN4S. The Kier molecular flexibility index (Phi) is 3.44. The SMILES string of the molecule is CN(Cc1ccc(Cl)s1)c1nc(N)ncc1F. The molecule has 0 atom stereocenters. The Labute approximate surface area is 107 Å². The minimum atomic E-state index is -0.496. The lowest BCUT2D eigenvalue weighted by atomic mass is 10.4. The highest BCUT2D eigenvalue weighted by atomic mass is 35.5. The number of aromatic nitrogens is 2. The largest absolute Gasteiger partial charge is 0.368 e. The summed E-state index contributed by atoms with van der Waals surface area (Å²) < 4.78 is 14.2. The molecule has 0 aliphatic rings. The zero-order chi connectivity index (χ0) is 12.4. The minimum Gasteiger partial charge on any atom is -0.368 e. The van der Waals surface area contributed by atoms with E-state index in [4.69, 9.17) is 17.3 Å². The number of thiophene rings is 1. The van der Waals surface area contributed by atoms with E-state index in [2.05, 4.69) is 9.97 Å². The molecule has 0 bridgehead atoms. The van der Waals surface area contributed by atoms with Gasteiger partial charge in [-0.1, -0.05) is 11.6 Å². The molecule has 0 fully saturated rings. The molecule has 0 unspecified atom stereocenters. The van der Waals surface area contributed by atoms with E-state index in [1.807, 2.05) is 6.07 Å². The lowest BCUT2D eigenvalue weighted by Crippen LogP contribution is -2.19. The Morgan fingerprint density at radius 2 is 2.29 bits per heavy atom. The summed E-state index contributed by atoms with van der Waals surface area (Å²) in [6, 6.07) is 3.70. The van der Waals surface area contributed by atoms with Gasteiger partial charge in [0, 0.05) is 11.9 Å². The summed E-state index contributed by atoms with van der Waals surface area (Å²) in [5.41, 5.74) is 5.43. The van der Waals surface area contributed by atoms with Gasteiger partial charge >= 0.3 is 0 Å². The van der Waals surface area contributed by atoms with Gasteiger partial charge in [0.05, 0.1) is 17.1 Å². The fourth-order valence-corrected chi connectivity index (χ4v) is 2.53. The topological polar surface area (TPSA) is 55.0 Å². The van der Waals surface area contributed by atoms with Crippen LogP contribution in [-0.2, 0) is 6.54 Å². The summed E-state index contributed by atoms with van der Waals surface area (Å²) in [6.45, 7) is 0.519. The van der Waals surface area contributed by atoms with Crippen LogP contribution in [0.4, 0.5) is 16.2 Å². The van der Waals surface area contributed by atoms with Crippen LogP contribution in [0.3, 0.4) is 0 Å². The molecule has 0 amide bonds. The third kappa shape index (κ3) is 2.83. The van der Waals surface area contributed by atoms with Crippen molar-refractivity contribution >= 4 is 34.7 Å². The molecule has 2 heterocycles. The molecule has 2 aromatic heterocycles. The molecule has 0 saturated carbocycles. The van der Waals surface area contributed by atoms with Gasteiger partial charge in [-0.05, 0) is 12.1 Å². The molecule has 0 aliphatic carbocycles. The maximum absolute atomic E-state index is 13.5. The Bertz CT molecular complexity index is 531. The van der Waals surface area contributed by atoms with Crippen LogP contribution in [0.15, 0.2) is 18.3 Å². The summed E-state index contributed by atoms with van der Waals surface area (Å²) in [6.07, 6.45) is 1.07. The van der Waals surface area contributed by atoms with Gasteiger partial charge in [-0.2, -0.15) is 4.98 Å². The molecule has 2 rings (SSSR count). The average molecular weight is 273 g/mol. The number of nitrogen functional groups attached to an aromatic ring is 1. The summed E-state index contributed by atoms with van der Waals surface area (Å²) in [4.78, 5) is 10.1. The van der Waals surface area contributed by atoms with Gasteiger partial charge < -0.3 is 10.6 Å². The van der Waals surface area contributed by atoms with E-state index in [-0.39, 0.29) is 11.8 Å². The van der Waals surface area contributed by atoms with E-state index >= 15 is 0 Å². The number of halogens is 2. The zero-order valence-corrected chi connectivity index (χ0v) is 10.6. The molecule has 17 heavy (non-hydrogen) atoms. The Morgan fingerprint density at radius 3 is 2.94 bits per heavy atom. The first-order valence-electron chi connectivity index (χ1n) is 4.79. The van der Waals surface area contributed by atoms with Crippen LogP contribution >= 0.6 is 22.9 Å². The summed E-state index contributed by atoms with van der Waals surface area (Å²) >= 11 is 7.27. The van der Waals surface area contributed by atoms with Crippen LogP contribution in [0.25, 0.3) is 0 Å². The molecule has 90 valence electrons. The predicted molar refractivity (Wildman–Crippen MR) is 67.8 cm³/mol. The first-order valence-corrected chi connectivity index (χ1v) is 5.99. The van der Waals surface area contributed by atoms with Crippen molar-refractivity contribution < 1.29 is 4.39 Å². The zero-order valence-electron chi connectivity index (χ0n) is 9.02. The molecule has 2 aromatic rings. The van der Waals surface area contributed by atoms with E-state index in [1.54, 1.807) is 18.0 Å². The fourth-order valence-electron chi connectivity index (χ4n) is 1.38. The van der Waals surface area contributed by atoms with Gasteiger partial charge in [0.25, 0.3) is 0 Å². The van der Waals surface area contributed by atoms with Crippen molar-refractivity contribution in [3.8, 4) is 0 Å². The minimum absolute atomic E-state index is 0.0532. The first kappa shape index (κ1) is 12.1. The standard InChI is InChI=1S/C10H10ClFN4S/c1-16(5-6-2-3-8(11)17-6)9-7(12)4-14-10(13)15-9/h2-4H,5H2,1H3,(H2,13,14,15). The number of hydrogen-bond acceptors (Lipinski definition) is 5. The van der Waals surface area contributed by atoms with Crippen molar-refractivity contribution in [3.63, 3.8) is 0 Å². The van der Waals surface area contributed by atoms with E-state index in [0.717, 1.165) is 11.1 Å². The van der Waals surface area contributed by atoms with Crippen LogP contribution < -0.4 is 10.6 Å². The van der Waals surface area contributed by atoms with Crippen LogP contribution in [-0.4, -0.2) is 17.0 Å². The smallest absolute Gasteiger partial charge is 0.222 e. The monoisotopic (exact) mass is 272 g/mol. The lowest BCUT2D eigenvalue weighted by Gasteiger charge is -2.17. The highest BCUT2D eigenvalue weighted by Gasteiger charge is 2.12. The summed E-state index contributed by atoms with van der Waals surface area (Å²) in [5, 5.41) is 0. The second-order valence-electron chi connectivity index (χ2n) is 3.46. The van der Waals surface area contributed by atoms with E-state index < -0.39 is 5.82 Å². The second kappa shape index (κ2) is 4.85. The molecule has 0 aromatic carbocycles. The fraction of sp³-hybridized carbons (Fsp3) is 0.200. The molecule has 4 nitrogen and oxygen atoms in total. The van der Waals surface area contributed by atoms with Gasteiger partial charge in [0.2, 0.25) is 5.95 Å². The van der Waals surface area contributed by atoms with Crippen molar-refractivity contribution in [2.45, 2.75) is 6.54 Å². The molecule has 2 N–H and O–H groups in total. The van der Waals surface area contributed by atoms with Crippen molar-refractivity contribution in [3.05, 3.63) is 33.4 Å². The quantitative estimate of drug-likeness (QED) is 0.933. The highest BCUT2D eigenvalue weighted by molar-refractivity contribution is 7.16. The molecule has 7 heteroatoms. The summed E-state index contributed by atoms with van der Waals surface area (Å²) in [7, 11) is 1.73. The van der Waals surface area contributed by atoms with Crippen LogP contribution in [0.5, 0.6) is 0 Å². The van der Waals surface area contributed by atoms with Crippen LogP contribution in [0.1, 0.15) is 4.88 Å². The van der Waals surface area contributed by atoms with Crippen molar-refractivity contribution in [2.75, 3.05) is 17.7 Å². The third-order valence-electron chi connectivity index (χ3n) is 2.13. The van der Waals surface area contributed by atoms with Crippen molar-refractivity contribution in [1.29, 1.82) is 0 Å². The average Bonchev–Trinajstić information content (AvgIpc) is 2.67. The van der Waals surface area contributed by atoms with Gasteiger partial charge in [-0.25, -0.2) is 9.37 Å². The predicted octanol–water partition coefficient (Wildman–Crippen LogP) is 2.55. The Hall–Kier alpha value is -1.40. The second-order valence-corrected chi connectivity index (χ2v) is 5.26. The maximum Gasteiger partial charge on any atom is 0.222 e. The van der Waals surface area contributed by atoms with Crippen LogP contribution in [0, 0.1) is 5.82 Å². The maximum atomic E-state index is 13.5. The van der Waals surface area contributed by atoms with Gasteiger partial charge in [0.15, 0.2) is 11.6 Å². The van der Waals surface area contributed by atoms with Crippen LogP contribution in [0.2, 0.25) is 4.34 Å². The van der Waals surface area contributed by atoms with Crippen molar-refractivity contribution in [1.82, 2.24) is 9.97 Å². The summed E-state index contributed by atoms with van der Waals surface area (Å²) in [5.74, 6) is -0.260. The molecule has 0 saturated heterocycles. The number of nitrogens with two attached hydrogens (primary N) is 1. The van der Waals surface area contributed by atoms with Gasteiger partial charge in [-0.3, -0.25) is 0 Å². The number of anilines is 2. The Morgan fingerprint density at radius 1 is 1.53 bits per heavy atom. The first-order chi connectivity index (χ1) is 8.06. The van der Waals surface area contributed by atoms with Gasteiger partial charge in [-0.15, -0.1) is 11.3 Å². The number of rotatable bonds is 3. The molecule has 0 aliphatic heterocycles. The van der Waals surface area contributed by atoms with E-state index in [1.165, 1.54) is 11.3 Å². The molecular weight excluding hydrogens is 263 g/mol. The van der Waals surface area contributed by atoms with Crippen molar-refractivity contribution in [2.24, 2.45) is 0 Å². The van der Waals surface area contributed by atoms with Gasteiger partial charge in [0.1, 0.15) is 0 Å². The third-order valence-corrected chi connectivity index (χ3v) is 3.34. The molecule has 0 spiro atoms.